The summed E-state index contributed by atoms with van der Waals surface area (Å²) in [5, 5.41) is 3.41. The lowest BCUT2D eigenvalue weighted by Crippen LogP contribution is -2.52. The zero-order valence-corrected chi connectivity index (χ0v) is 15.5. The molecule has 0 spiro atoms. The van der Waals surface area contributed by atoms with Gasteiger partial charge in [0.25, 0.3) is 5.91 Å². The second kappa shape index (κ2) is 7.37. The maximum Gasteiger partial charge on any atom is 0.253 e. The molecule has 140 valence electrons. The van der Waals surface area contributed by atoms with Crippen molar-refractivity contribution >= 4 is 17.5 Å². The highest BCUT2D eigenvalue weighted by molar-refractivity contribution is 6.00. The van der Waals surface area contributed by atoms with Crippen LogP contribution >= 0.6 is 0 Å². The lowest BCUT2D eigenvalue weighted by molar-refractivity contribution is -0.119. The van der Waals surface area contributed by atoms with Gasteiger partial charge in [0.1, 0.15) is 0 Å². The first kappa shape index (κ1) is 17.5. The number of piperazine rings is 1. The van der Waals surface area contributed by atoms with Crippen molar-refractivity contribution in [3.63, 3.8) is 0 Å². The Morgan fingerprint density at radius 2 is 1.96 bits per heavy atom. The van der Waals surface area contributed by atoms with Crippen molar-refractivity contribution in [2.45, 2.75) is 32.2 Å². The summed E-state index contributed by atoms with van der Waals surface area (Å²) in [5.41, 5.74) is 2.81. The topological polar surface area (TPSA) is 55.9 Å². The van der Waals surface area contributed by atoms with E-state index in [4.69, 9.17) is 0 Å². The third-order valence-corrected chi connectivity index (χ3v) is 5.73. The SMILES string of the molecule is CC1CN(CC(=O)N2CCc3ccc(C(=O)N4CCCC4)cc32)CCN1. The minimum atomic E-state index is 0.0977. The molecule has 1 atom stereocenters. The molecule has 0 radical (unpaired) electrons. The third kappa shape index (κ3) is 3.48. The van der Waals surface area contributed by atoms with Crippen LogP contribution in [0.15, 0.2) is 18.2 Å². The second-order valence-corrected chi connectivity index (χ2v) is 7.73. The Morgan fingerprint density at radius 3 is 2.73 bits per heavy atom. The molecule has 0 aliphatic carbocycles. The minimum absolute atomic E-state index is 0.0977. The van der Waals surface area contributed by atoms with Crippen molar-refractivity contribution in [1.82, 2.24) is 15.1 Å². The Balaban J connectivity index is 1.48. The van der Waals surface area contributed by atoms with E-state index in [-0.39, 0.29) is 11.8 Å². The normalized spacial score (nSPS) is 23.3. The number of amides is 2. The summed E-state index contributed by atoms with van der Waals surface area (Å²) in [6.45, 7) is 7.76. The first-order valence-electron chi connectivity index (χ1n) is 9.80. The van der Waals surface area contributed by atoms with Crippen molar-refractivity contribution in [2.24, 2.45) is 0 Å². The van der Waals surface area contributed by atoms with Crippen LogP contribution in [-0.2, 0) is 11.2 Å². The van der Waals surface area contributed by atoms with E-state index in [2.05, 4.69) is 17.1 Å². The van der Waals surface area contributed by atoms with Crippen molar-refractivity contribution in [3.05, 3.63) is 29.3 Å². The fourth-order valence-electron chi connectivity index (χ4n) is 4.31. The number of rotatable bonds is 3. The van der Waals surface area contributed by atoms with Crippen LogP contribution < -0.4 is 10.2 Å². The molecule has 2 fully saturated rings. The molecule has 2 amide bonds. The summed E-state index contributed by atoms with van der Waals surface area (Å²) in [7, 11) is 0. The lowest BCUT2D eigenvalue weighted by atomic mass is 10.1. The van der Waals surface area contributed by atoms with Crippen LogP contribution in [0.4, 0.5) is 5.69 Å². The Kier molecular flexibility index (Phi) is 4.96. The van der Waals surface area contributed by atoms with Crippen molar-refractivity contribution in [1.29, 1.82) is 0 Å². The molecule has 1 N–H and O–H groups in total. The Bertz CT molecular complexity index is 699. The van der Waals surface area contributed by atoms with Crippen LogP contribution in [0.25, 0.3) is 0 Å². The fourth-order valence-corrected chi connectivity index (χ4v) is 4.31. The number of likely N-dealkylation sites (tertiary alicyclic amines) is 1. The summed E-state index contributed by atoms with van der Waals surface area (Å²) in [4.78, 5) is 31.6. The highest BCUT2D eigenvalue weighted by atomic mass is 16.2. The molecule has 0 aromatic heterocycles. The molecule has 1 aromatic carbocycles. The highest BCUT2D eigenvalue weighted by Gasteiger charge is 2.29. The van der Waals surface area contributed by atoms with Crippen LogP contribution in [0.3, 0.4) is 0 Å². The van der Waals surface area contributed by atoms with Gasteiger partial charge in [-0.1, -0.05) is 6.07 Å². The standard InChI is InChI=1S/C20H28N4O2/c1-15-13-22(11-7-21-15)14-19(25)24-10-6-16-4-5-17(12-18(16)24)20(26)23-8-2-3-9-23/h4-5,12,15,21H,2-3,6-11,13-14H2,1H3. The quantitative estimate of drug-likeness (QED) is 0.881. The molecule has 6 heteroatoms. The van der Waals surface area contributed by atoms with E-state index in [1.165, 1.54) is 5.56 Å². The van der Waals surface area contributed by atoms with Gasteiger partial charge < -0.3 is 15.1 Å². The van der Waals surface area contributed by atoms with E-state index in [1.54, 1.807) is 0 Å². The zero-order valence-electron chi connectivity index (χ0n) is 15.5. The van der Waals surface area contributed by atoms with Crippen LogP contribution in [0.5, 0.6) is 0 Å². The number of nitrogens with one attached hydrogen (secondary N) is 1. The molecule has 4 rings (SSSR count). The van der Waals surface area contributed by atoms with Crippen LogP contribution in [0.1, 0.15) is 35.7 Å². The summed E-state index contributed by atoms with van der Waals surface area (Å²) in [6.07, 6.45) is 3.05. The van der Waals surface area contributed by atoms with Gasteiger partial charge >= 0.3 is 0 Å². The van der Waals surface area contributed by atoms with Crippen molar-refractivity contribution < 1.29 is 9.59 Å². The zero-order chi connectivity index (χ0) is 18.1. The van der Waals surface area contributed by atoms with E-state index in [1.807, 2.05) is 28.0 Å². The van der Waals surface area contributed by atoms with Gasteiger partial charge in [-0.25, -0.2) is 0 Å². The maximum atomic E-state index is 12.9. The largest absolute Gasteiger partial charge is 0.339 e. The predicted octanol–water partition coefficient (Wildman–Crippen LogP) is 1.11. The highest BCUT2D eigenvalue weighted by Crippen LogP contribution is 2.30. The number of carbonyl (C=O) groups is 2. The second-order valence-electron chi connectivity index (χ2n) is 7.73. The molecule has 1 unspecified atom stereocenters. The summed E-state index contributed by atoms with van der Waals surface area (Å²) in [6, 6.07) is 6.30. The monoisotopic (exact) mass is 356 g/mol. The molecule has 3 aliphatic rings. The fraction of sp³-hybridized carbons (Fsp3) is 0.600. The number of carbonyl (C=O) groups excluding carboxylic acids is 2. The molecule has 3 aliphatic heterocycles. The number of nitrogens with zero attached hydrogens (tertiary/aromatic N) is 3. The molecular formula is C20H28N4O2. The van der Waals surface area contributed by atoms with Gasteiger partial charge in [-0.2, -0.15) is 0 Å². The Labute approximate surface area is 155 Å². The third-order valence-electron chi connectivity index (χ3n) is 5.73. The van der Waals surface area contributed by atoms with Gasteiger partial charge in [-0.15, -0.1) is 0 Å². The molecule has 6 nitrogen and oxygen atoms in total. The van der Waals surface area contributed by atoms with E-state index >= 15 is 0 Å². The van der Waals surface area contributed by atoms with Gasteiger partial charge in [0.2, 0.25) is 5.91 Å². The molecule has 1 aromatic rings. The van der Waals surface area contributed by atoms with Gasteiger partial charge in [-0.3, -0.25) is 14.5 Å². The number of hydrogen-bond donors (Lipinski definition) is 1. The van der Waals surface area contributed by atoms with E-state index in [0.717, 1.165) is 64.2 Å². The van der Waals surface area contributed by atoms with E-state index < -0.39 is 0 Å². The maximum absolute atomic E-state index is 12.9. The summed E-state index contributed by atoms with van der Waals surface area (Å²) < 4.78 is 0. The number of hydrogen-bond acceptors (Lipinski definition) is 4. The minimum Gasteiger partial charge on any atom is -0.339 e. The van der Waals surface area contributed by atoms with Gasteiger partial charge in [0.05, 0.1) is 6.54 Å². The van der Waals surface area contributed by atoms with Crippen LogP contribution in [0.2, 0.25) is 0 Å². The van der Waals surface area contributed by atoms with Crippen molar-refractivity contribution in [2.75, 3.05) is 50.7 Å². The molecule has 26 heavy (non-hydrogen) atoms. The molecule has 2 saturated heterocycles. The smallest absolute Gasteiger partial charge is 0.253 e. The van der Waals surface area contributed by atoms with Gasteiger partial charge in [0.15, 0.2) is 0 Å². The van der Waals surface area contributed by atoms with Crippen molar-refractivity contribution in [3.8, 4) is 0 Å². The number of anilines is 1. The van der Waals surface area contributed by atoms with E-state index in [0.29, 0.717) is 18.2 Å². The summed E-state index contributed by atoms with van der Waals surface area (Å²) in [5.74, 6) is 0.240. The first-order valence-corrected chi connectivity index (χ1v) is 9.80. The summed E-state index contributed by atoms with van der Waals surface area (Å²) >= 11 is 0. The Morgan fingerprint density at radius 1 is 1.15 bits per heavy atom. The van der Waals surface area contributed by atoms with Crippen LogP contribution in [-0.4, -0.2) is 73.5 Å². The molecule has 3 heterocycles. The van der Waals surface area contributed by atoms with Gasteiger partial charge in [0, 0.05) is 56.6 Å². The average Bonchev–Trinajstić information content (AvgIpc) is 3.30. The molecule has 0 bridgehead atoms. The first-order chi connectivity index (χ1) is 12.6. The Hall–Kier alpha value is -1.92. The average molecular weight is 356 g/mol. The van der Waals surface area contributed by atoms with Crippen LogP contribution in [0, 0.1) is 0 Å². The number of fused-ring (bicyclic) bond motifs is 1. The molecular weight excluding hydrogens is 328 g/mol. The van der Waals surface area contributed by atoms with Gasteiger partial charge in [-0.05, 0) is 43.9 Å². The molecule has 0 saturated carbocycles. The van der Waals surface area contributed by atoms with E-state index in [9.17, 15) is 9.59 Å². The number of benzene rings is 1. The lowest BCUT2D eigenvalue weighted by Gasteiger charge is -2.32. The predicted molar refractivity (Wildman–Crippen MR) is 102 cm³/mol.